The molecule has 1 atom stereocenters. The summed E-state index contributed by atoms with van der Waals surface area (Å²) in [6.45, 7) is 12.1. The van der Waals surface area contributed by atoms with E-state index in [2.05, 4.69) is 15.3 Å². The molecule has 0 bridgehead atoms. The van der Waals surface area contributed by atoms with Gasteiger partial charge in [0.25, 0.3) is 0 Å². The maximum absolute atomic E-state index is 12.7. The Morgan fingerprint density at radius 2 is 1.91 bits per heavy atom. The second-order valence-electron chi connectivity index (χ2n) is 10.7. The summed E-state index contributed by atoms with van der Waals surface area (Å²) in [5.41, 5.74) is 0.433. The average Bonchev–Trinajstić information content (AvgIpc) is 3.29. The molecular formula is C24H30ClN5O4. The maximum atomic E-state index is 12.7. The third-order valence-electron chi connectivity index (χ3n) is 5.92. The number of halogens is 1. The molecular weight excluding hydrogens is 458 g/mol. The van der Waals surface area contributed by atoms with Crippen molar-refractivity contribution in [1.82, 2.24) is 14.9 Å². The van der Waals surface area contributed by atoms with E-state index in [1.165, 1.54) is 4.90 Å². The van der Waals surface area contributed by atoms with E-state index in [9.17, 15) is 14.7 Å². The predicted molar refractivity (Wildman–Crippen MR) is 133 cm³/mol. The largest absolute Gasteiger partial charge is 0.465 e. The Morgan fingerprint density at radius 1 is 1.21 bits per heavy atom. The van der Waals surface area contributed by atoms with Crippen LogP contribution in [0.25, 0.3) is 22.1 Å². The lowest BCUT2D eigenvalue weighted by atomic mass is 9.96. The Labute approximate surface area is 203 Å². The molecule has 10 heteroatoms. The Bertz CT molecular complexity index is 1270. The van der Waals surface area contributed by atoms with Crippen LogP contribution in [0.15, 0.2) is 22.6 Å². The van der Waals surface area contributed by atoms with Crippen molar-refractivity contribution in [2.75, 3.05) is 23.3 Å². The highest BCUT2D eigenvalue weighted by atomic mass is 35.5. The predicted octanol–water partition coefficient (Wildman–Crippen LogP) is 5.37. The number of carboxylic acid groups (broad SMARTS) is 1. The summed E-state index contributed by atoms with van der Waals surface area (Å²) in [4.78, 5) is 37.4. The Morgan fingerprint density at radius 3 is 2.53 bits per heavy atom. The third kappa shape index (κ3) is 4.49. The second kappa shape index (κ2) is 8.30. The summed E-state index contributed by atoms with van der Waals surface area (Å²) in [5, 5.41) is 14.0. The summed E-state index contributed by atoms with van der Waals surface area (Å²) < 4.78 is 6.12. The molecule has 0 radical (unpaired) electrons. The van der Waals surface area contributed by atoms with Crippen molar-refractivity contribution in [2.45, 2.75) is 59.5 Å². The van der Waals surface area contributed by atoms with Gasteiger partial charge in [0, 0.05) is 40.5 Å². The number of anilines is 2. The second-order valence-corrected chi connectivity index (χ2v) is 11.1. The number of rotatable bonds is 3. The van der Waals surface area contributed by atoms with Gasteiger partial charge in [0.2, 0.25) is 11.9 Å². The first-order valence-electron chi connectivity index (χ1n) is 11.2. The van der Waals surface area contributed by atoms with Gasteiger partial charge in [-0.2, -0.15) is 4.98 Å². The third-order valence-corrected chi connectivity index (χ3v) is 6.16. The lowest BCUT2D eigenvalue weighted by Gasteiger charge is -2.37. The van der Waals surface area contributed by atoms with E-state index in [0.29, 0.717) is 47.0 Å². The molecule has 2 aromatic heterocycles. The van der Waals surface area contributed by atoms with Crippen molar-refractivity contribution >= 4 is 57.4 Å². The van der Waals surface area contributed by atoms with Crippen molar-refractivity contribution < 1.29 is 19.1 Å². The molecule has 182 valence electrons. The van der Waals surface area contributed by atoms with Crippen LogP contribution in [0.4, 0.5) is 16.6 Å². The minimum atomic E-state index is -0.955. The molecule has 1 aliphatic rings. The van der Waals surface area contributed by atoms with Crippen LogP contribution < -0.4 is 10.2 Å². The van der Waals surface area contributed by atoms with E-state index in [-0.39, 0.29) is 17.9 Å². The quantitative estimate of drug-likeness (QED) is 0.510. The number of carbonyl (C=O) groups excluding carboxylic acids is 1. The molecule has 1 saturated heterocycles. The summed E-state index contributed by atoms with van der Waals surface area (Å²) in [5.74, 6) is 0.482. The van der Waals surface area contributed by atoms with Gasteiger partial charge in [-0.25, -0.2) is 9.78 Å². The van der Waals surface area contributed by atoms with Crippen molar-refractivity contribution in [3.63, 3.8) is 0 Å². The molecule has 2 amide bonds. The fourth-order valence-electron chi connectivity index (χ4n) is 4.30. The van der Waals surface area contributed by atoms with Gasteiger partial charge in [-0.3, -0.25) is 15.0 Å². The number of fused-ring (bicyclic) bond motifs is 3. The van der Waals surface area contributed by atoms with Crippen molar-refractivity contribution in [3.8, 4) is 0 Å². The zero-order valence-electron chi connectivity index (χ0n) is 20.3. The Hall–Kier alpha value is -3.07. The minimum Gasteiger partial charge on any atom is -0.465 e. The summed E-state index contributed by atoms with van der Waals surface area (Å²) in [6, 6.07) is 5.09. The molecule has 1 aromatic carbocycles. The molecule has 3 aromatic rings. The number of carbonyl (C=O) groups is 2. The van der Waals surface area contributed by atoms with Gasteiger partial charge >= 0.3 is 6.09 Å². The zero-order chi connectivity index (χ0) is 25.0. The molecule has 1 unspecified atom stereocenters. The number of nitrogens with zero attached hydrogens (tertiary/aromatic N) is 4. The van der Waals surface area contributed by atoms with Gasteiger partial charge in [0.15, 0.2) is 11.4 Å². The molecule has 0 spiro atoms. The fourth-order valence-corrected chi connectivity index (χ4v) is 4.46. The van der Waals surface area contributed by atoms with E-state index in [1.54, 1.807) is 12.1 Å². The van der Waals surface area contributed by atoms with Gasteiger partial charge in [-0.15, -0.1) is 0 Å². The topological polar surface area (TPSA) is 112 Å². The number of furan rings is 1. The molecule has 2 N–H and O–H groups in total. The highest BCUT2D eigenvalue weighted by Crippen LogP contribution is 2.37. The number of amides is 2. The number of hydrogen-bond acceptors (Lipinski definition) is 6. The van der Waals surface area contributed by atoms with Crippen LogP contribution in [0, 0.1) is 5.41 Å². The number of nitrogens with one attached hydrogen (secondary N) is 1. The van der Waals surface area contributed by atoms with E-state index < -0.39 is 17.0 Å². The van der Waals surface area contributed by atoms with Crippen LogP contribution in [-0.4, -0.2) is 56.6 Å². The normalized spacial score (nSPS) is 16.9. The van der Waals surface area contributed by atoms with Gasteiger partial charge in [0.05, 0.1) is 6.04 Å². The highest BCUT2D eigenvalue weighted by Gasteiger charge is 2.38. The van der Waals surface area contributed by atoms with Crippen molar-refractivity contribution in [2.24, 2.45) is 5.41 Å². The molecule has 3 heterocycles. The van der Waals surface area contributed by atoms with E-state index >= 15 is 0 Å². The van der Waals surface area contributed by atoms with Gasteiger partial charge < -0.3 is 14.4 Å². The lowest BCUT2D eigenvalue weighted by Crippen LogP contribution is -2.52. The zero-order valence-corrected chi connectivity index (χ0v) is 21.0. The fraction of sp³-hybridized carbons (Fsp3) is 0.500. The van der Waals surface area contributed by atoms with Gasteiger partial charge in [-0.1, -0.05) is 32.4 Å². The summed E-state index contributed by atoms with van der Waals surface area (Å²) in [6.07, 6.45) is -0.311. The first kappa shape index (κ1) is 24.1. The number of hydrogen-bond donors (Lipinski definition) is 2. The van der Waals surface area contributed by atoms with Crippen LogP contribution in [0.1, 0.15) is 48.0 Å². The van der Waals surface area contributed by atoms with Gasteiger partial charge in [-0.05, 0) is 39.3 Å². The monoisotopic (exact) mass is 487 g/mol. The van der Waals surface area contributed by atoms with E-state index in [4.69, 9.17) is 16.0 Å². The maximum Gasteiger partial charge on any atom is 0.408 e. The molecule has 4 rings (SSSR count). The molecule has 1 aliphatic heterocycles. The van der Waals surface area contributed by atoms with Crippen molar-refractivity contribution in [1.29, 1.82) is 0 Å². The van der Waals surface area contributed by atoms with Gasteiger partial charge in [0.1, 0.15) is 11.1 Å². The molecule has 0 aliphatic carbocycles. The smallest absolute Gasteiger partial charge is 0.408 e. The van der Waals surface area contributed by atoms with Crippen LogP contribution >= 0.6 is 11.6 Å². The molecule has 0 saturated carbocycles. The van der Waals surface area contributed by atoms with Crippen LogP contribution in [-0.2, 0) is 4.79 Å². The standard InChI is InChI=1S/C24H30ClN5O4/c1-23(2,3)20(31)28-21-26-17-15-8-7-13(25)11-16(15)34-18(17)19(27-21)29-10-9-14(12-29)30(22(32)33)24(4,5)6/h7-8,11,14H,9-10,12H2,1-6H3,(H,32,33)(H,26,27,28,31). The first-order chi connectivity index (χ1) is 15.8. The molecule has 9 nitrogen and oxygen atoms in total. The lowest BCUT2D eigenvalue weighted by molar-refractivity contribution is -0.123. The first-order valence-corrected chi connectivity index (χ1v) is 11.6. The van der Waals surface area contributed by atoms with E-state index in [1.807, 2.05) is 52.5 Å². The Kier molecular flexibility index (Phi) is 5.88. The molecule has 1 fully saturated rings. The van der Waals surface area contributed by atoms with Crippen LogP contribution in [0.3, 0.4) is 0 Å². The van der Waals surface area contributed by atoms with Crippen LogP contribution in [0.5, 0.6) is 0 Å². The highest BCUT2D eigenvalue weighted by molar-refractivity contribution is 6.31. The number of benzene rings is 1. The number of aromatic nitrogens is 2. The van der Waals surface area contributed by atoms with Crippen molar-refractivity contribution in [3.05, 3.63) is 23.2 Å². The van der Waals surface area contributed by atoms with Crippen LogP contribution in [0.2, 0.25) is 5.02 Å². The SMILES string of the molecule is CC(C)(C)C(=O)Nc1nc(N2CCC(N(C(=O)O)C(C)(C)C)C2)c2oc3cc(Cl)ccc3c2n1. The summed E-state index contributed by atoms with van der Waals surface area (Å²) in [7, 11) is 0. The summed E-state index contributed by atoms with van der Waals surface area (Å²) >= 11 is 6.17. The van der Waals surface area contributed by atoms with E-state index in [0.717, 1.165) is 5.39 Å². The molecule has 34 heavy (non-hydrogen) atoms. The minimum absolute atomic E-state index is 0.175. The Balaban J connectivity index is 1.80. The average molecular weight is 488 g/mol.